The first-order valence-electron chi connectivity index (χ1n) is 3.17. The summed E-state index contributed by atoms with van der Waals surface area (Å²) in [6, 6.07) is 0. The molecule has 72 valence electrons. The molecule has 0 aromatic carbocycles. The van der Waals surface area contributed by atoms with Gasteiger partial charge in [-0.1, -0.05) is 0 Å². The first kappa shape index (κ1) is 11.6. The molecule has 0 radical (unpaired) electrons. The lowest BCUT2D eigenvalue weighted by Crippen LogP contribution is -2.39. The van der Waals surface area contributed by atoms with Gasteiger partial charge in [0, 0.05) is 6.92 Å². The van der Waals surface area contributed by atoms with Crippen LogP contribution in [0, 0.1) is 5.92 Å². The SMILES string of the molecule is CC(=O)SC(=O)C(C(N)=O)C(N)=O. The molecule has 0 heterocycles. The largest absolute Gasteiger partial charge is 0.369 e. The van der Waals surface area contributed by atoms with Crippen LogP contribution in [0.3, 0.4) is 0 Å². The summed E-state index contributed by atoms with van der Waals surface area (Å²) in [6.07, 6.45) is 0. The highest BCUT2D eigenvalue weighted by molar-refractivity contribution is 8.26. The van der Waals surface area contributed by atoms with E-state index in [2.05, 4.69) is 0 Å². The Kier molecular flexibility index (Phi) is 4.12. The number of hydrogen-bond acceptors (Lipinski definition) is 5. The average Bonchev–Trinajstić information content (AvgIpc) is 1.81. The lowest BCUT2D eigenvalue weighted by atomic mass is 10.1. The predicted molar refractivity (Wildman–Crippen MR) is 45.2 cm³/mol. The summed E-state index contributed by atoms with van der Waals surface area (Å²) in [5.74, 6) is -4.02. The fraction of sp³-hybridized carbons (Fsp3) is 0.333. The second kappa shape index (κ2) is 4.61. The van der Waals surface area contributed by atoms with Crippen LogP contribution in [0.1, 0.15) is 6.92 Å². The third-order valence-electron chi connectivity index (χ3n) is 1.05. The number of nitrogens with two attached hydrogens (primary N) is 2. The Bertz CT molecular complexity index is 262. The fourth-order valence-corrected chi connectivity index (χ4v) is 1.21. The summed E-state index contributed by atoms with van der Waals surface area (Å²) in [7, 11) is 0. The number of carbonyl (C=O) groups is 4. The Labute approximate surface area is 78.0 Å². The molecule has 0 aliphatic rings. The van der Waals surface area contributed by atoms with Gasteiger partial charge in [-0.25, -0.2) is 0 Å². The molecule has 13 heavy (non-hydrogen) atoms. The molecule has 0 bridgehead atoms. The number of hydrogen-bond donors (Lipinski definition) is 2. The lowest BCUT2D eigenvalue weighted by Gasteiger charge is -2.04. The Morgan fingerprint density at radius 3 is 1.69 bits per heavy atom. The molecule has 0 aromatic heterocycles. The van der Waals surface area contributed by atoms with Crippen LogP contribution in [0.2, 0.25) is 0 Å². The Morgan fingerprint density at radius 1 is 1.08 bits per heavy atom. The molecule has 0 aliphatic carbocycles. The van der Waals surface area contributed by atoms with Gasteiger partial charge in [-0.15, -0.1) is 0 Å². The molecule has 0 atom stereocenters. The highest BCUT2D eigenvalue weighted by Crippen LogP contribution is 2.11. The molecule has 0 aromatic rings. The monoisotopic (exact) mass is 204 g/mol. The molecule has 0 aliphatic heterocycles. The number of thioether (sulfide) groups is 1. The molecule has 6 nitrogen and oxygen atoms in total. The third-order valence-corrected chi connectivity index (χ3v) is 1.77. The van der Waals surface area contributed by atoms with Crippen molar-refractivity contribution in [3.63, 3.8) is 0 Å². The van der Waals surface area contributed by atoms with Crippen LogP contribution in [0.4, 0.5) is 0 Å². The Hall–Kier alpha value is -1.37. The van der Waals surface area contributed by atoms with Crippen LogP contribution in [-0.4, -0.2) is 22.0 Å². The van der Waals surface area contributed by atoms with E-state index in [1.54, 1.807) is 0 Å². The van der Waals surface area contributed by atoms with Crippen molar-refractivity contribution >= 4 is 33.8 Å². The second-order valence-electron chi connectivity index (χ2n) is 2.15. The van der Waals surface area contributed by atoms with Crippen LogP contribution in [0.5, 0.6) is 0 Å². The van der Waals surface area contributed by atoms with E-state index in [1.165, 1.54) is 0 Å². The molecule has 4 N–H and O–H groups in total. The zero-order valence-corrected chi connectivity index (χ0v) is 7.59. The van der Waals surface area contributed by atoms with E-state index in [4.69, 9.17) is 11.5 Å². The van der Waals surface area contributed by atoms with Gasteiger partial charge in [-0.2, -0.15) is 0 Å². The van der Waals surface area contributed by atoms with Crippen molar-refractivity contribution in [3.05, 3.63) is 0 Å². The van der Waals surface area contributed by atoms with E-state index < -0.39 is 28.0 Å². The van der Waals surface area contributed by atoms with Gasteiger partial charge in [-0.3, -0.25) is 19.2 Å². The summed E-state index contributed by atoms with van der Waals surface area (Å²) < 4.78 is 0. The summed E-state index contributed by atoms with van der Waals surface area (Å²) in [6.45, 7) is 1.13. The number of primary amides is 2. The number of carbonyl (C=O) groups excluding carboxylic acids is 4. The van der Waals surface area contributed by atoms with E-state index in [0.29, 0.717) is 0 Å². The Balaban J connectivity index is 4.57. The zero-order chi connectivity index (χ0) is 10.6. The minimum atomic E-state index is -1.73. The summed E-state index contributed by atoms with van der Waals surface area (Å²) in [5.41, 5.74) is 9.46. The summed E-state index contributed by atoms with van der Waals surface area (Å²) >= 11 is 0.240. The molecular formula is C6H8N2O4S. The minimum Gasteiger partial charge on any atom is -0.369 e. The van der Waals surface area contributed by atoms with Gasteiger partial charge >= 0.3 is 0 Å². The maximum absolute atomic E-state index is 11.0. The molecule has 0 fully saturated rings. The van der Waals surface area contributed by atoms with Crippen molar-refractivity contribution in [1.29, 1.82) is 0 Å². The average molecular weight is 204 g/mol. The molecule has 7 heteroatoms. The number of amides is 2. The van der Waals surface area contributed by atoms with Crippen molar-refractivity contribution in [2.75, 3.05) is 0 Å². The van der Waals surface area contributed by atoms with Crippen molar-refractivity contribution in [2.24, 2.45) is 17.4 Å². The van der Waals surface area contributed by atoms with Gasteiger partial charge in [0.2, 0.25) is 16.9 Å². The second-order valence-corrected chi connectivity index (χ2v) is 3.33. The molecule has 0 rings (SSSR count). The lowest BCUT2D eigenvalue weighted by molar-refractivity contribution is -0.135. The van der Waals surface area contributed by atoms with Gasteiger partial charge < -0.3 is 11.5 Å². The van der Waals surface area contributed by atoms with E-state index in [9.17, 15) is 19.2 Å². The smallest absolute Gasteiger partial charge is 0.238 e. The van der Waals surface area contributed by atoms with Gasteiger partial charge in [0.15, 0.2) is 11.0 Å². The Morgan fingerprint density at radius 2 is 1.46 bits per heavy atom. The highest BCUT2D eigenvalue weighted by Gasteiger charge is 2.31. The van der Waals surface area contributed by atoms with Crippen LogP contribution in [0.15, 0.2) is 0 Å². The zero-order valence-electron chi connectivity index (χ0n) is 6.77. The van der Waals surface area contributed by atoms with Gasteiger partial charge in [-0.05, 0) is 11.8 Å². The van der Waals surface area contributed by atoms with E-state index in [0.717, 1.165) is 6.92 Å². The van der Waals surface area contributed by atoms with E-state index in [1.807, 2.05) is 0 Å². The first-order valence-corrected chi connectivity index (χ1v) is 3.98. The van der Waals surface area contributed by atoms with Crippen LogP contribution < -0.4 is 11.5 Å². The van der Waals surface area contributed by atoms with Crippen molar-refractivity contribution in [2.45, 2.75) is 6.92 Å². The fourth-order valence-electron chi connectivity index (χ4n) is 0.573. The van der Waals surface area contributed by atoms with Gasteiger partial charge in [0.25, 0.3) is 0 Å². The van der Waals surface area contributed by atoms with E-state index >= 15 is 0 Å². The molecule has 2 amide bonds. The van der Waals surface area contributed by atoms with Gasteiger partial charge in [0.1, 0.15) is 0 Å². The predicted octanol–water partition coefficient (Wildman–Crippen LogP) is -1.62. The van der Waals surface area contributed by atoms with Crippen LogP contribution >= 0.6 is 11.8 Å². The van der Waals surface area contributed by atoms with Crippen LogP contribution in [-0.2, 0) is 19.2 Å². The summed E-state index contributed by atoms with van der Waals surface area (Å²) in [5, 5.41) is -1.47. The molecule has 0 saturated carbocycles. The standard InChI is InChI=1S/C6H8N2O4S/c1-2(9)13-6(12)3(4(7)10)5(8)11/h3H,1H3,(H2,7,10)(H2,8,11). The first-order chi connectivity index (χ1) is 5.86. The molecular weight excluding hydrogens is 196 g/mol. The van der Waals surface area contributed by atoms with Crippen molar-refractivity contribution < 1.29 is 19.2 Å². The van der Waals surface area contributed by atoms with Gasteiger partial charge in [0.05, 0.1) is 0 Å². The topological polar surface area (TPSA) is 120 Å². The van der Waals surface area contributed by atoms with Crippen LogP contribution in [0.25, 0.3) is 0 Å². The maximum atomic E-state index is 11.0. The molecule has 0 spiro atoms. The third kappa shape index (κ3) is 3.70. The minimum absolute atomic E-state index is 0.240. The highest BCUT2D eigenvalue weighted by atomic mass is 32.2. The van der Waals surface area contributed by atoms with E-state index in [-0.39, 0.29) is 11.8 Å². The van der Waals surface area contributed by atoms with Crippen molar-refractivity contribution in [3.8, 4) is 0 Å². The molecule has 0 saturated heterocycles. The molecule has 0 unspecified atom stereocenters. The summed E-state index contributed by atoms with van der Waals surface area (Å²) in [4.78, 5) is 42.5. The van der Waals surface area contributed by atoms with Crippen molar-refractivity contribution in [1.82, 2.24) is 0 Å². The number of rotatable bonds is 3. The normalized spacial score (nSPS) is 9.69. The maximum Gasteiger partial charge on any atom is 0.238 e. The quantitative estimate of drug-likeness (QED) is 0.535.